The van der Waals surface area contributed by atoms with Crippen molar-refractivity contribution in [3.05, 3.63) is 87.6 Å². The zero-order valence-corrected chi connectivity index (χ0v) is 22.2. The van der Waals surface area contributed by atoms with Gasteiger partial charge in [-0.3, -0.25) is 14.3 Å². The van der Waals surface area contributed by atoms with E-state index in [1.165, 1.54) is 7.05 Å². The van der Waals surface area contributed by atoms with Gasteiger partial charge in [0, 0.05) is 50.2 Å². The van der Waals surface area contributed by atoms with Crippen LogP contribution in [0.1, 0.15) is 55.6 Å². The normalized spacial score (nSPS) is 18.0. The van der Waals surface area contributed by atoms with Crippen LogP contribution in [0, 0.1) is 13.8 Å². The van der Waals surface area contributed by atoms with Crippen LogP contribution in [0.25, 0.3) is 5.65 Å². The summed E-state index contributed by atoms with van der Waals surface area (Å²) in [6.07, 6.45) is -1.00. The molecule has 0 spiro atoms. The molecule has 0 radical (unpaired) electrons. The highest BCUT2D eigenvalue weighted by Crippen LogP contribution is 2.35. The molecule has 1 saturated heterocycles. The number of amides is 2. The number of likely N-dealkylation sites (tertiary alicyclic amines) is 1. The lowest BCUT2D eigenvalue weighted by atomic mass is 9.85. The van der Waals surface area contributed by atoms with Crippen molar-refractivity contribution >= 4 is 29.1 Å². The molecule has 3 aromatic heterocycles. The number of imidazole rings is 1. The van der Waals surface area contributed by atoms with Crippen LogP contribution in [-0.2, 0) is 13.2 Å². The van der Waals surface area contributed by atoms with E-state index in [1.807, 2.05) is 48.6 Å². The Balaban J connectivity index is 1.43. The molecule has 1 fully saturated rings. The predicted molar refractivity (Wildman–Crippen MR) is 139 cm³/mol. The molecule has 0 aliphatic carbocycles. The maximum atomic E-state index is 13.6. The maximum absolute atomic E-state index is 13.6. The third-order valence-corrected chi connectivity index (χ3v) is 7.57. The molecule has 2 atom stereocenters. The van der Waals surface area contributed by atoms with Gasteiger partial charge in [0.25, 0.3) is 11.8 Å². The topological polar surface area (TPSA) is 84.5 Å². The van der Waals surface area contributed by atoms with Crippen molar-refractivity contribution in [2.45, 2.75) is 38.4 Å². The van der Waals surface area contributed by atoms with Gasteiger partial charge in [0.05, 0.1) is 5.56 Å². The summed E-state index contributed by atoms with van der Waals surface area (Å²) in [7, 11) is 1.25. The number of benzene rings is 1. The Morgan fingerprint density at radius 2 is 1.87 bits per heavy atom. The number of rotatable bonds is 4. The van der Waals surface area contributed by atoms with E-state index in [1.54, 1.807) is 23.4 Å². The molecule has 1 aliphatic heterocycles. The molecule has 8 nitrogen and oxygen atoms in total. The van der Waals surface area contributed by atoms with Gasteiger partial charge in [-0.2, -0.15) is 18.3 Å². The Hall–Kier alpha value is -3.86. The van der Waals surface area contributed by atoms with E-state index in [0.717, 1.165) is 27.1 Å². The molecule has 0 unspecified atom stereocenters. The predicted octanol–water partition coefficient (Wildman–Crippen LogP) is 4.79. The number of hydrogen-bond acceptors (Lipinski definition) is 4. The summed E-state index contributed by atoms with van der Waals surface area (Å²) in [4.78, 5) is 32.9. The summed E-state index contributed by atoms with van der Waals surface area (Å²) >= 11 is 6.06. The fourth-order valence-electron chi connectivity index (χ4n) is 5.17. The minimum atomic E-state index is -4.85. The molecule has 0 bridgehead atoms. The second-order valence-electron chi connectivity index (χ2n) is 9.78. The summed E-state index contributed by atoms with van der Waals surface area (Å²) in [6, 6.07) is 10.5. The molecule has 2 amide bonds. The molecule has 5 rings (SSSR count). The second-order valence-corrected chi connectivity index (χ2v) is 10.1. The lowest BCUT2D eigenvalue weighted by Crippen LogP contribution is -2.51. The number of aromatic nitrogens is 4. The zero-order valence-electron chi connectivity index (χ0n) is 21.5. The number of alkyl halides is 3. The summed E-state index contributed by atoms with van der Waals surface area (Å²) in [5.41, 5.74) is 1.86. The molecular weight excluding hydrogens is 533 g/mol. The van der Waals surface area contributed by atoms with Gasteiger partial charge in [0.2, 0.25) is 0 Å². The summed E-state index contributed by atoms with van der Waals surface area (Å²) in [5, 5.41) is 5.77. The van der Waals surface area contributed by atoms with E-state index >= 15 is 0 Å². The van der Waals surface area contributed by atoms with Gasteiger partial charge in [0.15, 0.2) is 5.69 Å². The highest BCUT2D eigenvalue weighted by atomic mass is 35.5. The lowest BCUT2D eigenvalue weighted by molar-refractivity contribution is -0.141. The van der Waals surface area contributed by atoms with Crippen LogP contribution < -0.4 is 5.32 Å². The lowest BCUT2D eigenvalue weighted by Gasteiger charge is -2.39. The van der Waals surface area contributed by atoms with Gasteiger partial charge in [-0.1, -0.05) is 41.9 Å². The Labute approximate surface area is 227 Å². The van der Waals surface area contributed by atoms with Crippen molar-refractivity contribution in [3.8, 4) is 0 Å². The largest absolute Gasteiger partial charge is 0.436 e. The van der Waals surface area contributed by atoms with Gasteiger partial charge >= 0.3 is 6.18 Å². The average Bonchev–Trinajstić information content (AvgIpc) is 3.43. The standard InChI is InChI=1S/C27H26ClF3N6O2/c1-15-11-18(13-37-16(2)12-32-24(15)37)26(39)36-10-9-20(19(14-36)17-7-5-4-6-8-17)33-25(38)21-22(27(29,30)31)34-35(3)23(21)28/h4-8,11-13,19-20H,9-10,14H2,1-3H3,(H,33,38)/t19-,20-/m1/s1. The molecule has 1 N–H and O–H groups in total. The number of pyridine rings is 1. The van der Waals surface area contributed by atoms with Crippen molar-refractivity contribution in [1.29, 1.82) is 0 Å². The van der Waals surface area contributed by atoms with Gasteiger partial charge in [-0.05, 0) is 37.5 Å². The fourth-order valence-corrected chi connectivity index (χ4v) is 5.38. The Morgan fingerprint density at radius 3 is 2.56 bits per heavy atom. The zero-order chi connectivity index (χ0) is 28.1. The van der Waals surface area contributed by atoms with Gasteiger partial charge in [0.1, 0.15) is 16.4 Å². The Morgan fingerprint density at radius 1 is 1.15 bits per heavy atom. The number of carbonyl (C=O) groups excluding carboxylic acids is 2. The minimum Gasteiger partial charge on any atom is -0.348 e. The number of aryl methyl sites for hydroxylation is 3. The number of fused-ring (bicyclic) bond motifs is 1. The highest BCUT2D eigenvalue weighted by Gasteiger charge is 2.42. The Bertz CT molecular complexity index is 1560. The third-order valence-electron chi connectivity index (χ3n) is 7.14. The smallest absolute Gasteiger partial charge is 0.348 e. The van der Waals surface area contributed by atoms with E-state index in [4.69, 9.17) is 11.6 Å². The molecule has 4 heterocycles. The first-order chi connectivity index (χ1) is 18.5. The molecule has 1 aromatic carbocycles. The molecule has 0 saturated carbocycles. The van der Waals surface area contributed by atoms with Crippen LogP contribution >= 0.6 is 11.6 Å². The van der Waals surface area contributed by atoms with Gasteiger partial charge in [-0.25, -0.2) is 4.98 Å². The van der Waals surface area contributed by atoms with Crippen molar-refractivity contribution in [2.24, 2.45) is 7.05 Å². The Kier molecular flexibility index (Phi) is 6.88. The number of halogens is 4. The quantitative estimate of drug-likeness (QED) is 0.390. The molecule has 1 aliphatic rings. The monoisotopic (exact) mass is 558 g/mol. The van der Waals surface area contributed by atoms with E-state index in [-0.39, 0.29) is 18.4 Å². The first kappa shape index (κ1) is 26.7. The highest BCUT2D eigenvalue weighted by molar-refractivity contribution is 6.33. The number of hydrogen-bond donors (Lipinski definition) is 1. The molecular formula is C27H26ClF3N6O2. The third kappa shape index (κ3) is 4.98. The minimum absolute atomic E-state index is 0.173. The van der Waals surface area contributed by atoms with E-state index in [9.17, 15) is 22.8 Å². The van der Waals surface area contributed by atoms with Crippen molar-refractivity contribution in [1.82, 2.24) is 29.4 Å². The fraction of sp³-hybridized carbons (Fsp3) is 0.333. The maximum Gasteiger partial charge on any atom is 0.436 e. The molecule has 12 heteroatoms. The van der Waals surface area contributed by atoms with Gasteiger partial charge in [-0.15, -0.1) is 0 Å². The van der Waals surface area contributed by atoms with Crippen molar-refractivity contribution in [2.75, 3.05) is 13.1 Å². The van der Waals surface area contributed by atoms with Gasteiger partial charge < -0.3 is 14.6 Å². The van der Waals surface area contributed by atoms with Crippen LogP contribution in [0.3, 0.4) is 0 Å². The van der Waals surface area contributed by atoms with Crippen molar-refractivity contribution in [3.63, 3.8) is 0 Å². The van der Waals surface area contributed by atoms with E-state index in [2.05, 4.69) is 15.4 Å². The average molecular weight is 559 g/mol. The van der Waals surface area contributed by atoms with Crippen LogP contribution in [0.2, 0.25) is 5.15 Å². The first-order valence-electron chi connectivity index (χ1n) is 12.3. The van der Waals surface area contributed by atoms with E-state index < -0.39 is 34.5 Å². The SMILES string of the molecule is Cc1cc(C(=O)N2CC[C@@H](NC(=O)c3c(C(F)(F)F)nn(C)c3Cl)[C@@H](c3ccccc3)C2)cn2c(C)cnc12. The molecule has 39 heavy (non-hydrogen) atoms. The van der Waals surface area contributed by atoms with E-state index in [0.29, 0.717) is 18.5 Å². The first-order valence-corrected chi connectivity index (χ1v) is 12.7. The summed E-state index contributed by atoms with van der Waals surface area (Å²) < 4.78 is 43.5. The number of piperidine rings is 1. The number of carbonyl (C=O) groups is 2. The van der Waals surface area contributed by atoms with Crippen molar-refractivity contribution < 1.29 is 22.8 Å². The van der Waals surface area contributed by atoms with Crippen LogP contribution in [0.5, 0.6) is 0 Å². The molecule has 4 aromatic rings. The number of nitrogens with zero attached hydrogens (tertiary/aromatic N) is 5. The van der Waals surface area contributed by atoms with Crippen LogP contribution in [0.4, 0.5) is 13.2 Å². The van der Waals surface area contributed by atoms with Crippen LogP contribution in [-0.4, -0.2) is 55.0 Å². The number of nitrogens with one attached hydrogen (secondary N) is 1. The molecule has 204 valence electrons. The summed E-state index contributed by atoms with van der Waals surface area (Å²) in [6.45, 7) is 4.37. The van der Waals surface area contributed by atoms with Crippen LogP contribution in [0.15, 0.2) is 48.8 Å². The second kappa shape index (κ2) is 10.0. The summed E-state index contributed by atoms with van der Waals surface area (Å²) in [5.74, 6) is -1.49.